The van der Waals surface area contributed by atoms with Gasteiger partial charge in [0.25, 0.3) is 0 Å². The van der Waals surface area contributed by atoms with Crippen LogP contribution >= 0.6 is 0 Å². The van der Waals surface area contributed by atoms with Crippen molar-refractivity contribution in [3.63, 3.8) is 0 Å². The zero-order valence-corrected chi connectivity index (χ0v) is 10.4. The minimum Gasteiger partial charge on any atom is -0.344 e. The Hall–Kier alpha value is -1.82. The van der Waals surface area contributed by atoms with Crippen LogP contribution in [0.2, 0.25) is 0 Å². The number of carbonyl (C=O) groups excluding carboxylic acids is 1. The van der Waals surface area contributed by atoms with Crippen LogP contribution in [0.15, 0.2) is 30.3 Å². The molecule has 17 heavy (non-hydrogen) atoms. The third-order valence-corrected chi connectivity index (χ3v) is 2.82. The molecule has 1 aromatic rings. The number of hydrogen-bond acceptors (Lipinski definition) is 2. The monoisotopic (exact) mass is 230 g/mol. The van der Waals surface area contributed by atoms with E-state index in [1.807, 2.05) is 43.3 Å². The van der Waals surface area contributed by atoms with E-state index in [-0.39, 0.29) is 5.91 Å². The van der Waals surface area contributed by atoms with Crippen LogP contribution in [0, 0.1) is 17.2 Å². The normalized spacial score (nSPS) is 11.6. The summed E-state index contributed by atoms with van der Waals surface area (Å²) in [6.45, 7) is 2.51. The summed E-state index contributed by atoms with van der Waals surface area (Å²) in [4.78, 5) is 13.5. The second-order valence-corrected chi connectivity index (χ2v) is 4.09. The fourth-order valence-corrected chi connectivity index (χ4v) is 1.64. The van der Waals surface area contributed by atoms with Crippen LogP contribution in [0.3, 0.4) is 0 Å². The number of amides is 1. The van der Waals surface area contributed by atoms with Crippen LogP contribution in [-0.4, -0.2) is 24.4 Å². The zero-order chi connectivity index (χ0) is 12.7. The lowest BCUT2D eigenvalue weighted by atomic mass is 10.1. The maximum Gasteiger partial charge on any atom is 0.239 e. The van der Waals surface area contributed by atoms with Crippen LogP contribution in [0.5, 0.6) is 0 Å². The van der Waals surface area contributed by atoms with E-state index in [4.69, 9.17) is 5.26 Å². The summed E-state index contributed by atoms with van der Waals surface area (Å²) < 4.78 is 0. The Morgan fingerprint density at radius 2 is 2.06 bits per heavy atom. The molecule has 90 valence electrons. The Kier molecular flexibility index (Phi) is 5.22. The molecule has 0 heterocycles. The molecule has 0 radical (unpaired) electrons. The predicted octanol–water partition coefficient (Wildman–Crippen LogP) is 2.24. The molecule has 0 saturated heterocycles. The van der Waals surface area contributed by atoms with E-state index in [1.165, 1.54) is 5.56 Å². The van der Waals surface area contributed by atoms with E-state index in [0.717, 1.165) is 6.42 Å². The molecule has 0 aromatic heterocycles. The Morgan fingerprint density at radius 3 is 2.59 bits per heavy atom. The molecule has 0 aliphatic carbocycles. The molecule has 0 spiro atoms. The molecule has 3 nitrogen and oxygen atoms in total. The van der Waals surface area contributed by atoms with Gasteiger partial charge in [0, 0.05) is 13.6 Å². The average Bonchev–Trinajstić information content (AvgIpc) is 2.38. The standard InChI is InChI=1S/C14H18N2O/c1-3-13(11-15)14(17)16(2)10-9-12-7-5-4-6-8-12/h4-8,13H,3,9-10H2,1-2H3. The van der Waals surface area contributed by atoms with E-state index in [9.17, 15) is 4.79 Å². The Balaban J connectivity index is 2.48. The quantitative estimate of drug-likeness (QED) is 0.778. The topological polar surface area (TPSA) is 44.1 Å². The van der Waals surface area contributed by atoms with Gasteiger partial charge in [0.1, 0.15) is 5.92 Å². The van der Waals surface area contributed by atoms with Gasteiger partial charge in [0.05, 0.1) is 6.07 Å². The number of nitriles is 1. The lowest BCUT2D eigenvalue weighted by Gasteiger charge is -2.19. The summed E-state index contributed by atoms with van der Waals surface area (Å²) in [5.74, 6) is -0.582. The number of nitrogens with zero attached hydrogens (tertiary/aromatic N) is 2. The van der Waals surface area contributed by atoms with Crippen molar-refractivity contribution in [3.8, 4) is 6.07 Å². The molecule has 0 N–H and O–H groups in total. The molecular formula is C14H18N2O. The lowest BCUT2D eigenvalue weighted by Crippen LogP contribution is -2.33. The summed E-state index contributed by atoms with van der Waals surface area (Å²) in [5.41, 5.74) is 1.21. The van der Waals surface area contributed by atoms with Crippen molar-refractivity contribution in [2.75, 3.05) is 13.6 Å². The van der Waals surface area contributed by atoms with Gasteiger partial charge in [0.2, 0.25) is 5.91 Å². The number of likely N-dealkylation sites (N-methyl/N-ethyl adjacent to an activating group) is 1. The minimum atomic E-state index is -0.504. The summed E-state index contributed by atoms with van der Waals surface area (Å²) in [5, 5.41) is 8.83. The zero-order valence-electron chi connectivity index (χ0n) is 10.4. The number of hydrogen-bond donors (Lipinski definition) is 0. The molecule has 1 unspecified atom stereocenters. The van der Waals surface area contributed by atoms with E-state index in [2.05, 4.69) is 0 Å². The molecule has 0 bridgehead atoms. The summed E-state index contributed by atoms with van der Waals surface area (Å²) in [7, 11) is 1.76. The number of benzene rings is 1. The van der Waals surface area contributed by atoms with Crippen molar-refractivity contribution in [3.05, 3.63) is 35.9 Å². The van der Waals surface area contributed by atoms with Crippen LogP contribution in [0.1, 0.15) is 18.9 Å². The molecule has 1 atom stereocenters. The van der Waals surface area contributed by atoms with Gasteiger partial charge < -0.3 is 4.90 Å². The second kappa shape index (κ2) is 6.70. The Morgan fingerprint density at radius 1 is 1.41 bits per heavy atom. The highest BCUT2D eigenvalue weighted by molar-refractivity contribution is 5.80. The van der Waals surface area contributed by atoms with Crippen molar-refractivity contribution in [2.24, 2.45) is 5.92 Å². The van der Waals surface area contributed by atoms with Gasteiger partial charge in [0.15, 0.2) is 0 Å². The predicted molar refractivity (Wildman–Crippen MR) is 67.2 cm³/mol. The first kappa shape index (κ1) is 13.2. The Labute approximate surface area is 103 Å². The van der Waals surface area contributed by atoms with Gasteiger partial charge in [-0.05, 0) is 18.4 Å². The highest BCUT2D eigenvalue weighted by atomic mass is 16.2. The van der Waals surface area contributed by atoms with Gasteiger partial charge in [-0.2, -0.15) is 5.26 Å². The summed E-state index contributed by atoms with van der Waals surface area (Å²) >= 11 is 0. The first-order chi connectivity index (χ1) is 8.19. The molecule has 3 heteroatoms. The smallest absolute Gasteiger partial charge is 0.239 e. The summed E-state index contributed by atoms with van der Waals surface area (Å²) in [6.07, 6.45) is 1.40. The third-order valence-electron chi connectivity index (χ3n) is 2.82. The van der Waals surface area contributed by atoms with Gasteiger partial charge in [-0.3, -0.25) is 4.79 Å². The van der Waals surface area contributed by atoms with Crippen molar-refractivity contribution in [1.29, 1.82) is 5.26 Å². The van der Waals surface area contributed by atoms with Crippen molar-refractivity contribution in [2.45, 2.75) is 19.8 Å². The molecule has 0 aliphatic rings. The molecule has 1 aromatic carbocycles. The van der Waals surface area contributed by atoms with Crippen LogP contribution < -0.4 is 0 Å². The largest absolute Gasteiger partial charge is 0.344 e. The van der Waals surface area contributed by atoms with Crippen molar-refractivity contribution >= 4 is 5.91 Å². The Bertz CT molecular complexity index is 394. The number of carbonyl (C=O) groups is 1. The number of rotatable bonds is 5. The highest BCUT2D eigenvalue weighted by Gasteiger charge is 2.19. The third kappa shape index (κ3) is 3.92. The first-order valence-corrected chi connectivity index (χ1v) is 5.87. The lowest BCUT2D eigenvalue weighted by molar-refractivity contribution is -0.132. The molecule has 0 saturated carbocycles. The fraction of sp³-hybridized carbons (Fsp3) is 0.429. The molecule has 0 aliphatic heterocycles. The van der Waals surface area contributed by atoms with E-state index < -0.39 is 5.92 Å². The van der Waals surface area contributed by atoms with Crippen molar-refractivity contribution < 1.29 is 4.79 Å². The minimum absolute atomic E-state index is 0.0778. The SMILES string of the molecule is CCC(C#N)C(=O)N(C)CCc1ccccc1. The maximum atomic E-state index is 11.8. The van der Waals surface area contributed by atoms with Crippen LogP contribution in [-0.2, 0) is 11.2 Å². The van der Waals surface area contributed by atoms with Gasteiger partial charge in [-0.15, -0.1) is 0 Å². The fourth-order valence-electron chi connectivity index (χ4n) is 1.64. The van der Waals surface area contributed by atoms with Gasteiger partial charge in [-0.1, -0.05) is 37.3 Å². The maximum absolute atomic E-state index is 11.8. The van der Waals surface area contributed by atoms with Crippen molar-refractivity contribution in [1.82, 2.24) is 4.90 Å². The molecular weight excluding hydrogens is 212 g/mol. The van der Waals surface area contributed by atoms with E-state index >= 15 is 0 Å². The van der Waals surface area contributed by atoms with E-state index in [0.29, 0.717) is 13.0 Å². The molecule has 0 fully saturated rings. The van der Waals surface area contributed by atoms with Gasteiger partial charge in [-0.25, -0.2) is 0 Å². The van der Waals surface area contributed by atoms with Crippen LogP contribution in [0.25, 0.3) is 0 Å². The molecule has 1 rings (SSSR count). The first-order valence-electron chi connectivity index (χ1n) is 5.87. The highest BCUT2D eigenvalue weighted by Crippen LogP contribution is 2.07. The summed E-state index contributed by atoms with van der Waals surface area (Å²) in [6, 6.07) is 12.1. The van der Waals surface area contributed by atoms with Crippen LogP contribution in [0.4, 0.5) is 0 Å². The second-order valence-electron chi connectivity index (χ2n) is 4.09. The molecule has 1 amide bonds. The van der Waals surface area contributed by atoms with E-state index in [1.54, 1.807) is 11.9 Å². The van der Waals surface area contributed by atoms with Gasteiger partial charge >= 0.3 is 0 Å². The average molecular weight is 230 g/mol.